The van der Waals surface area contributed by atoms with Crippen LogP contribution in [-0.2, 0) is 16.6 Å². The SMILES string of the molecule is CS(=O)(=O)NCCNCc1ccc(-c2ccc([N+](=O)[O-])cc2Cl)o1. The van der Waals surface area contributed by atoms with Crippen molar-refractivity contribution in [2.24, 2.45) is 0 Å². The second-order valence-corrected chi connectivity index (χ2v) is 7.27. The Kier molecular flexibility index (Phi) is 5.94. The number of rotatable bonds is 8. The lowest BCUT2D eigenvalue weighted by molar-refractivity contribution is -0.384. The van der Waals surface area contributed by atoms with Crippen molar-refractivity contribution in [2.75, 3.05) is 19.3 Å². The monoisotopic (exact) mass is 373 g/mol. The lowest BCUT2D eigenvalue weighted by Crippen LogP contribution is -2.30. The molecule has 0 saturated heterocycles. The molecular formula is C14H16ClN3O5S. The zero-order valence-electron chi connectivity index (χ0n) is 12.8. The Morgan fingerprint density at radius 2 is 2.00 bits per heavy atom. The number of nitro groups is 1. The minimum Gasteiger partial charge on any atom is -0.460 e. The second-order valence-electron chi connectivity index (χ2n) is 5.03. The number of hydrogen-bond acceptors (Lipinski definition) is 6. The number of non-ortho nitro benzene ring substituents is 1. The number of hydrogen-bond donors (Lipinski definition) is 2. The smallest absolute Gasteiger partial charge is 0.270 e. The number of furan rings is 1. The first kappa shape index (κ1) is 18.4. The molecule has 8 nitrogen and oxygen atoms in total. The van der Waals surface area contributed by atoms with Gasteiger partial charge in [-0.2, -0.15) is 0 Å². The predicted octanol–water partition coefficient (Wildman–Crippen LogP) is 2.15. The summed E-state index contributed by atoms with van der Waals surface area (Å²) in [5, 5.41) is 14.0. The van der Waals surface area contributed by atoms with Gasteiger partial charge in [0.1, 0.15) is 11.5 Å². The molecule has 1 heterocycles. The highest BCUT2D eigenvalue weighted by molar-refractivity contribution is 7.88. The summed E-state index contributed by atoms with van der Waals surface area (Å²) in [6.07, 6.45) is 1.10. The van der Waals surface area contributed by atoms with E-state index in [2.05, 4.69) is 10.0 Å². The molecule has 130 valence electrons. The summed E-state index contributed by atoms with van der Waals surface area (Å²) in [5.41, 5.74) is 0.475. The first-order chi connectivity index (χ1) is 11.3. The van der Waals surface area contributed by atoms with E-state index < -0.39 is 14.9 Å². The van der Waals surface area contributed by atoms with Crippen LogP contribution < -0.4 is 10.0 Å². The summed E-state index contributed by atoms with van der Waals surface area (Å²) in [4.78, 5) is 10.2. The molecule has 0 aliphatic carbocycles. The highest BCUT2D eigenvalue weighted by Gasteiger charge is 2.13. The fourth-order valence-corrected chi connectivity index (χ4v) is 2.71. The van der Waals surface area contributed by atoms with Gasteiger partial charge < -0.3 is 9.73 Å². The molecule has 2 N–H and O–H groups in total. The largest absolute Gasteiger partial charge is 0.460 e. The van der Waals surface area contributed by atoms with E-state index in [-0.39, 0.29) is 17.3 Å². The molecule has 0 atom stereocenters. The molecule has 0 amide bonds. The molecule has 1 aromatic carbocycles. The van der Waals surface area contributed by atoms with E-state index in [0.29, 0.717) is 30.2 Å². The lowest BCUT2D eigenvalue weighted by atomic mass is 10.1. The lowest BCUT2D eigenvalue weighted by Gasteiger charge is -2.04. The van der Waals surface area contributed by atoms with Crippen molar-refractivity contribution in [3.8, 4) is 11.3 Å². The molecule has 0 saturated carbocycles. The fourth-order valence-electron chi connectivity index (χ4n) is 1.97. The number of sulfonamides is 1. The maximum absolute atomic E-state index is 10.9. The third-order valence-electron chi connectivity index (χ3n) is 3.06. The third-order valence-corrected chi connectivity index (χ3v) is 4.10. The van der Waals surface area contributed by atoms with Gasteiger partial charge in [-0.3, -0.25) is 10.1 Å². The van der Waals surface area contributed by atoms with E-state index in [1.807, 2.05) is 0 Å². The maximum atomic E-state index is 10.9. The molecular weight excluding hydrogens is 358 g/mol. The summed E-state index contributed by atoms with van der Waals surface area (Å²) < 4.78 is 29.8. The van der Waals surface area contributed by atoms with Crippen LogP contribution in [0.3, 0.4) is 0 Å². The van der Waals surface area contributed by atoms with Gasteiger partial charge in [0, 0.05) is 30.8 Å². The molecule has 2 rings (SSSR count). The first-order valence-electron chi connectivity index (χ1n) is 6.94. The van der Waals surface area contributed by atoms with Crippen LogP contribution in [0.2, 0.25) is 5.02 Å². The number of nitro benzene ring substituents is 1. The summed E-state index contributed by atoms with van der Waals surface area (Å²) in [7, 11) is -3.19. The van der Waals surface area contributed by atoms with Crippen molar-refractivity contribution in [3.05, 3.63) is 51.2 Å². The van der Waals surface area contributed by atoms with Gasteiger partial charge in [-0.15, -0.1) is 0 Å². The van der Waals surface area contributed by atoms with Crippen LogP contribution in [0.5, 0.6) is 0 Å². The predicted molar refractivity (Wildman–Crippen MR) is 90.4 cm³/mol. The molecule has 0 aliphatic rings. The molecule has 2 aromatic rings. The van der Waals surface area contributed by atoms with Crippen molar-refractivity contribution in [2.45, 2.75) is 6.54 Å². The molecule has 0 spiro atoms. The summed E-state index contributed by atoms with van der Waals surface area (Å²) in [5.74, 6) is 1.14. The third kappa shape index (κ3) is 5.31. The van der Waals surface area contributed by atoms with E-state index >= 15 is 0 Å². The van der Waals surface area contributed by atoms with Gasteiger partial charge in [-0.05, 0) is 18.2 Å². The minimum atomic E-state index is -3.19. The molecule has 0 radical (unpaired) electrons. The average Bonchev–Trinajstić information content (AvgIpc) is 2.94. The average molecular weight is 374 g/mol. The van der Waals surface area contributed by atoms with Crippen molar-refractivity contribution in [3.63, 3.8) is 0 Å². The minimum absolute atomic E-state index is 0.0874. The van der Waals surface area contributed by atoms with Gasteiger partial charge in [-0.1, -0.05) is 11.6 Å². The van der Waals surface area contributed by atoms with Crippen LogP contribution in [0.25, 0.3) is 11.3 Å². The van der Waals surface area contributed by atoms with Crippen molar-refractivity contribution >= 4 is 27.3 Å². The van der Waals surface area contributed by atoms with Crippen LogP contribution in [0.15, 0.2) is 34.7 Å². The number of halogens is 1. The maximum Gasteiger partial charge on any atom is 0.270 e. The van der Waals surface area contributed by atoms with Crippen LogP contribution in [0.1, 0.15) is 5.76 Å². The second kappa shape index (κ2) is 7.75. The van der Waals surface area contributed by atoms with Gasteiger partial charge in [-0.25, -0.2) is 13.1 Å². The fraction of sp³-hybridized carbons (Fsp3) is 0.286. The number of nitrogens with zero attached hydrogens (tertiary/aromatic N) is 1. The molecule has 0 bridgehead atoms. The van der Waals surface area contributed by atoms with Gasteiger partial charge in [0.05, 0.1) is 22.7 Å². The quantitative estimate of drug-likeness (QED) is 0.416. The Bertz CT molecular complexity index is 835. The van der Waals surface area contributed by atoms with Gasteiger partial charge in [0.25, 0.3) is 5.69 Å². The van der Waals surface area contributed by atoms with Crippen LogP contribution in [0, 0.1) is 10.1 Å². The van der Waals surface area contributed by atoms with E-state index in [9.17, 15) is 18.5 Å². The molecule has 10 heteroatoms. The summed E-state index contributed by atoms with van der Waals surface area (Å²) >= 11 is 6.06. The Hall–Kier alpha value is -1.94. The summed E-state index contributed by atoms with van der Waals surface area (Å²) in [6.45, 7) is 1.14. The van der Waals surface area contributed by atoms with Crippen molar-refractivity contribution < 1.29 is 17.8 Å². The van der Waals surface area contributed by atoms with Gasteiger partial charge in [0.15, 0.2) is 0 Å². The highest BCUT2D eigenvalue weighted by Crippen LogP contribution is 2.32. The highest BCUT2D eigenvalue weighted by atomic mass is 35.5. The van der Waals surface area contributed by atoms with Crippen LogP contribution >= 0.6 is 11.6 Å². The number of benzene rings is 1. The van der Waals surface area contributed by atoms with Gasteiger partial charge >= 0.3 is 0 Å². The zero-order valence-corrected chi connectivity index (χ0v) is 14.4. The van der Waals surface area contributed by atoms with Crippen molar-refractivity contribution in [1.29, 1.82) is 0 Å². The first-order valence-corrected chi connectivity index (χ1v) is 9.21. The Morgan fingerprint density at radius 3 is 2.62 bits per heavy atom. The summed E-state index contributed by atoms with van der Waals surface area (Å²) in [6, 6.07) is 7.64. The zero-order chi connectivity index (χ0) is 17.7. The molecule has 0 aliphatic heterocycles. The Morgan fingerprint density at radius 1 is 1.25 bits per heavy atom. The van der Waals surface area contributed by atoms with E-state index in [0.717, 1.165) is 6.26 Å². The van der Waals surface area contributed by atoms with Crippen LogP contribution in [0.4, 0.5) is 5.69 Å². The van der Waals surface area contributed by atoms with Crippen LogP contribution in [-0.4, -0.2) is 32.7 Å². The molecule has 1 aromatic heterocycles. The van der Waals surface area contributed by atoms with E-state index in [4.69, 9.17) is 16.0 Å². The van der Waals surface area contributed by atoms with E-state index in [1.54, 1.807) is 12.1 Å². The Balaban J connectivity index is 1.95. The molecule has 24 heavy (non-hydrogen) atoms. The van der Waals surface area contributed by atoms with E-state index in [1.165, 1.54) is 18.2 Å². The standard InChI is InChI=1S/C14H16ClN3O5S/c1-24(21,22)17-7-6-16-9-11-3-5-14(23-11)12-4-2-10(18(19)20)8-13(12)15/h2-5,8,16-17H,6-7,9H2,1H3. The number of nitrogens with one attached hydrogen (secondary N) is 2. The van der Waals surface area contributed by atoms with Gasteiger partial charge in [0.2, 0.25) is 10.0 Å². The Labute approximate surface area is 144 Å². The normalized spacial score (nSPS) is 11.6. The topological polar surface area (TPSA) is 114 Å². The molecule has 0 unspecified atom stereocenters. The molecule has 0 fully saturated rings. The van der Waals surface area contributed by atoms with Crippen molar-refractivity contribution in [1.82, 2.24) is 10.0 Å².